The zero-order valence-electron chi connectivity index (χ0n) is 26.1. The van der Waals surface area contributed by atoms with E-state index in [1.165, 1.54) is 38.7 Å². The van der Waals surface area contributed by atoms with Crippen molar-refractivity contribution < 1.29 is 4.42 Å². The number of nitrogens with zero attached hydrogens (tertiary/aromatic N) is 2. The maximum Gasteiger partial charge on any atom is 0.345 e. The Kier molecular flexibility index (Phi) is 5.24. The fraction of sp³-hybridized carbons (Fsp3) is 0.459. The molecule has 0 amide bonds. The van der Waals surface area contributed by atoms with Crippen molar-refractivity contribution in [2.75, 3.05) is 18.0 Å². The molecule has 0 spiro atoms. The summed E-state index contributed by atoms with van der Waals surface area (Å²) in [7, 11) is 0. The van der Waals surface area contributed by atoms with Gasteiger partial charge in [0.2, 0.25) is 0 Å². The summed E-state index contributed by atoms with van der Waals surface area (Å²) in [6.07, 6.45) is 2.16. The average Bonchev–Trinajstić information content (AvgIpc) is 3.16. The van der Waals surface area contributed by atoms with Crippen LogP contribution in [0.15, 0.2) is 56.7 Å². The molecule has 0 N–H and O–H groups in total. The van der Waals surface area contributed by atoms with Crippen LogP contribution in [0.4, 0.5) is 11.4 Å². The van der Waals surface area contributed by atoms with Crippen molar-refractivity contribution in [2.45, 2.75) is 96.8 Å². The van der Waals surface area contributed by atoms with Crippen molar-refractivity contribution in [1.29, 1.82) is 0 Å². The zero-order chi connectivity index (χ0) is 29.3. The third-order valence-corrected chi connectivity index (χ3v) is 10.3. The van der Waals surface area contributed by atoms with E-state index in [0.29, 0.717) is 5.56 Å². The Hall–Kier alpha value is -3.40. The maximum absolute atomic E-state index is 13.9. The highest BCUT2D eigenvalue weighted by molar-refractivity contribution is 6.16. The van der Waals surface area contributed by atoms with Gasteiger partial charge in [0.05, 0.1) is 17.0 Å². The summed E-state index contributed by atoms with van der Waals surface area (Å²) in [6.45, 7) is 22.5. The normalized spacial score (nSPS) is 20.2. The van der Waals surface area contributed by atoms with E-state index in [0.717, 1.165) is 48.3 Å². The minimum absolute atomic E-state index is 0.0592. The average molecular weight is 547 g/mol. The van der Waals surface area contributed by atoms with Crippen LogP contribution in [-0.2, 0) is 21.7 Å². The lowest BCUT2D eigenvalue weighted by atomic mass is 9.69. The van der Waals surface area contributed by atoms with Crippen molar-refractivity contribution in [2.24, 2.45) is 4.99 Å². The first-order chi connectivity index (χ1) is 19.1. The number of hydrogen-bond donors (Lipinski definition) is 0. The molecule has 3 aliphatic heterocycles. The lowest BCUT2D eigenvalue weighted by Gasteiger charge is -2.48. The molecule has 212 valence electrons. The molecule has 0 saturated carbocycles. The second-order valence-electron chi connectivity index (χ2n) is 15.5. The van der Waals surface area contributed by atoms with E-state index < -0.39 is 5.41 Å². The highest BCUT2D eigenvalue weighted by atomic mass is 16.4. The molecule has 0 aliphatic carbocycles. The summed E-state index contributed by atoms with van der Waals surface area (Å²) < 4.78 is 6.35. The molecule has 4 heteroatoms. The van der Waals surface area contributed by atoms with Gasteiger partial charge >= 0.3 is 5.63 Å². The molecule has 0 atom stereocenters. The molecule has 4 aromatic rings. The summed E-state index contributed by atoms with van der Waals surface area (Å²) in [5, 5.41) is 3.42. The summed E-state index contributed by atoms with van der Waals surface area (Å²) in [4.78, 5) is 21.5. The molecule has 0 saturated heterocycles. The van der Waals surface area contributed by atoms with Crippen LogP contribution in [0, 0.1) is 0 Å². The molecule has 4 heterocycles. The van der Waals surface area contributed by atoms with E-state index in [-0.39, 0.29) is 21.9 Å². The number of hydrogen-bond acceptors (Lipinski definition) is 4. The second kappa shape index (κ2) is 8.12. The maximum atomic E-state index is 13.9. The van der Waals surface area contributed by atoms with Crippen LogP contribution in [0.3, 0.4) is 0 Å². The van der Waals surface area contributed by atoms with E-state index in [9.17, 15) is 4.79 Å². The molecule has 4 nitrogen and oxygen atoms in total. The highest BCUT2D eigenvalue weighted by Crippen LogP contribution is 2.52. The predicted octanol–water partition coefficient (Wildman–Crippen LogP) is 8.82. The van der Waals surface area contributed by atoms with Crippen LogP contribution in [0.1, 0.15) is 103 Å². The topological polar surface area (TPSA) is 45.8 Å². The summed E-state index contributed by atoms with van der Waals surface area (Å²) in [6, 6.07) is 15.4. The molecule has 0 fully saturated rings. The number of anilines is 1. The summed E-state index contributed by atoms with van der Waals surface area (Å²) in [5.41, 5.74) is 8.75. The lowest BCUT2D eigenvalue weighted by Crippen LogP contribution is -2.44. The minimum atomic E-state index is -0.446. The standard InChI is InChI=1S/C37H42N2O2/c1-34(2,3)23-11-12-24-21(18-23)10-13-27-28(24)37(8,9)32(38-27)25-19-22-20-26-30-29(31(22)41-33(25)40)36(6,7)15-17-39(30)16-14-35(26,4)5/h10-13,18-20H,14-17H2,1-9H3. The second-order valence-corrected chi connectivity index (χ2v) is 15.5. The number of rotatable bonds is 1. The molecule has 41 heavy (non-hydrogen) atoms. The monoisotopic (exact) mass is 546 g/mol. The van der Waals surface area contributed by atoms with Crippen LogP contribution >= 0.6 is 0 Å². The van der Waals surface area contributed by atoms with Crippen LogP contribution in [-0.4, -0.2) is 18.8 Å². The molecular weight excluding hydrogens is 504 g/mol. The van der Waals surface area contributed by atoms with Gasteiger partial charge in [0.1, 0.15) is 5.58 Å². The molecule has 1 aromatic heterocycles. The Balaban J connectivity index is 1.43. The first-order valence-corrected chi connectivity index (χ1v) is 15.2. The Morgan fingerprint density at radius 2 is 1.54 bits per heavy atom. The fourth-order valence-electron chi connectivity index (χ4n) is 7.63. The van der Waals surface area contributed by atoms with E-state index in [4.69, 9.17) is 9.41 Å². The Labute approximate surface area is 243 Å². The van der Waals surface area contributed by atoms with Gasteiger partial charge in [-0.05, 0) is 74.7 Å². The zero-order valence-corrected chi connectivity index (χ0v) is 26.1. The van der Waals surface area contributed by atoms with Crippen molar-refractivity contribution in [1.82, 2.24) is 0 Å². The molecule has 3 aromatic carbocycles. The number of benzene rings is 3. The van der Waals surface area contributed by atoms with Gasteiger partial charge in [0.25, 0.3) is 0 Å². The Morgan fingerprint density at radius 1 is 0.829 bits per heavy atom. The Bertz CT molecular complexity index is 1880. The van der Waals surface area contributed by atoms with Crippen LogP contribution < -0.4 is 10.5 Å². The number of fused-ring (bicyclic) bond motifs is 5. The molecule has 3 aliphatic rings. The smallest absolute Gasteiger partial charge is 0.345 e. The number of aliphatic imine (C=N–C) groups is 1. The summed E-state index contributed by atoms with van der Waals surface area (Å²) >= 11 is 0. The van der Waals surface area contributed by atoms with E-state index in [1.807, 2.05) is 0 Å². The first-order valence-electron chi connectivity index (χ1n) is 15.2. The van der Waals surface area contributed by atoms with Crippen molar-refractivity contribution in [3.8, 4) is 0 Å². The van der Waals surface area contributed by atoms with Crippen LogP contribution in [0.25, 0.3) is 21.7 Å². The lowest BCUT2D eigenvalue weighted by molar-refractivity contribution is 0.398. The first kappa shape index (κ1) is 26.5. The molecule has 0 unspecified atom stereocenters. The molecular formula is C37H42N2O2. The van der Waals surface area contributed by atoms with Crippen LogP contribution in [0.5, 0.6) is 0 Å². The third kappa shape index (κ3) is 3.72. The van der Waals surface area contributed by atoms with Gasteiger partial charge in [0.15, 0.2) is 0 Å². The van der Waals surface area contributed by atoms with E-state index in [1.54, 1.807) is 0 Å². The highest BCUT2D eigenvalue weighted by Gasteiger charge is 2.43. The largest absolute Gasteiger partial charge is 0.422 e. The van der Waals surface area contributed by atoms with Crippen LogP contribution in [0.2, 0.25) is 0 Å². The summed E-state index contributed by atoms with van der Waals surface area (Å²) in [5.74, 6) is 0. The quantitative estimate of drug-likeness (QED) is 0.224. The minimum Gasteiger partial charge on any atom is -0.422 e. The predicted molar refractivity (Wildman–Crippen MR) is 172 cm³/mol. The molecule has 0 bridgehead atoms. The SMILES string of the molecule is CC(C)(C)c1ccc2c3c(ccc2c1)N=C(c1cc2cc4c5c(c2oc1=O)C(C)(C)CCN5CCC4(C)C)C3(C)C. The van der Waals surface area contributed by atoms with Crippen molar-refractivity contribution >= 4 is 38.8 Å². The van der Waals surface area contributed by atoms with Gasteiger partial charge in [-0.3, -0.25) is 4.99 Å². The van der Waals surface area contributed by atoms with Gasteiger partial charge in [0, 0.05) is 35.1 Å². The third-order valence-electron chi connectivity index (χ3n) is 10.3. The van der Waals surface area contributed by atoms with E-state index >= 15 is 0 Å². The Morgan fingerprint density at radius 3 is 2.24 bits per heavy atom. The van der Waals surface area contributed by atoms with Gasteiger partial charge in [-0.25, -0.2) is 4.79 Å². The van der Waals surface area contributed by atoms with Gasteiger partial charge in [-0.15, -0.1) is 0 Å². The van der Waals surface area contributed by atoms with Crippen molar-refractivity contribution in [3.63, 3.8) is 0 Å². The molecule has 7 rings (SSSR count). The fourth-order valence-corrected chi connectivity index (χ4v) is 7.63. The van der Waals surface area contributed by atoms with Crippen molar-refractivity contribution in [3.05, 3.63) is 80.7 Å². The molecule has 0 radical (unpaired) electrons. The van der Waals surface area contributed by atoms with Gasteiger partial charge < -0.3 is 9.32 Å². The van der Waals surface area contributed by atoms with Gasteiger partial charge in [-0.1, -0.05) is 86.6 Å². The van der Waals surface area contributed by atoms with E-state index in [2.05, 4.69) is 110 Å². The van der Waals surface area contributed by atoms with Gasteiger partial charge in [-0.2, -0.15) is 0 Å².